The van der Waals surface area contributed by atoms with E-state index in [4.69, 9.17) is 4.42 Å². The summed E-state index contributed by atoms with van der Waals surface area (Å²) in [7, 11) is 0. The average molecular weight is 285 g/mol. The number of hydrogen-bond donors (Lipinski definition) is 0. The van der Waals surface area contributed by atoms with Crippen LogP contribution in [0.1, 0.15) is 5.56 Å². The third-order valence-electron chi connectivity index (χ3n) is 3.86. The van der Waals surface area contributed by atoms with Crippen LogP contribution in [0, 0.1) is 6.92 Å². The van der Waals surface area contributed by atoms with Crippen LogP contribution in [0.25, 0.3) is 33.7 Å². The van der Waals surface area contributed by atoms with Crippen molar-refractivity contribution in [2.24, 2.45) is 0 Å². The van der Waals surface area contributed by atoms with Crippen LogP contribution in [0.4, 0.5) is 0 Å². The minimum Gasteiger partial charge on any atom is -0.436 e. The SMILES string of the molecule is Cc1cccc2oc(-c3ccc(-c4ccccc4)cc3)nc12. The van der Waals surface area contributed by atoms with Gasteiger partial charge in [0, 0.05) is 5.56 Å². The fraction of sp³-hybridized carbons (Fsp3) is 0.0500. The van der Waals surface area contributed by atoms with Gasteiger partial charge in [-0.15, -0.1) is 0 Å². The Morgan fingerprint density at radius 2 is 1.36 bits per heavy atom. The van der Waals surface area contributed by atoms with Gasteiger partial charge in [-0.25, -0.2) is 4.98 Å². The minimum atomic E-state index is 0.670. The van der Waals surface area contributed by atoms with Gasteiger partial charge in [0.05, 0.1) is 0 Å². The van der Waals surface area contributed by atoms with E-state index in [1.54, 1.807) is 0 Å². The van der Waals surface area contributed by atoms with Crippen LogP contribution < -0.4 is 0 Å². The van der Waals surface area contributed by atoms with Crippen molar-refractivity contribution in [2.45, 2.75) is 6.92 Å². The van der Waals surface area contributed by atoms with E-state index in [9.17, 15) is 0 Å². The van der Waals surface area contributed by atoms with Crippen molar-refractivity contribution >= 4 is 11.1 Å². The molecule has 4 aromatic rings. The maximum Gasteiger partial charge on any atom is 0.227 e. The smallest absolute Gasteiger partial charge is 0.227 e. The van der Waals surface area contributed by atoms with Gasteiger partial charge in [0.25, 0.3) is 0 Å². The number of para-hydroxylation sites is 1. The molecule has 2 nitrogen and oxygen atoms in total. The van der Waals surface area contributed by atoms with Gasteiger partial charge in [-0.1, -0.05) is 54.6 Å². The van der Waals surface area contributed by atoms with Gasteiger partial charge >= 0.3 is 0 Å². The third kappa shape index (κ3) is 2.19. The molecule has 22 heavy (non-hydrogen) atoms. The molecule has 0 aliphatic heterocycles. The molecule has 0 spiro atoms. The van der Waals surface area contributed by atoms with Crippen molar-refractivity contribution in [1.82, 2.24) is 4.98 Å². The number of fused-ring (bicyclic) bond motifs is 1. The zero-order chi connectivity index (χ0) is 14.9. The summed E-state index contributed by atoms with van der Waals surface area (Å²) in [6, 6.07) is 24.7. The average Bonchev–Trinajstić information content (AvgIpc) is 3.02. The Labute approximate surface area is 129 Å². The summed E-state index contributed by atoms with van der Waals surface area (Å²) < 4.78 is 5.87. The lowest BCUT2D eigenvalue weighted by Crippen LogP contribution is -1.80. The molecule has 1 heterocycles. The molecule has 0 radical (unpaired) electrons. The lowest BCUT2D eigenvalue weighted by molar-refractivity contribution is 0.620. The highest BCUT2D eigenvalue weighted by Crippen LogP contribution is 2.28. The van der Waals surface area contributed by atoms with Gasteiger partial charge < -0.3 is 4.42 Å². The van der Waals surface area contributed by atoms with Crippen LogP contribution >= 0.6 is 0 Å². The quantitative estimate of drug-likeness (QED) is 0.488. The summed E-state index contributed by atoms with van der Waals surface area (Å²) in [5.74, 6) is 0.670. The molecule has 4 rings (SSSR count). The van der Waals surface area contributed by atoms with Crippen molar-refractivity contribution in [2.75, 3.05) is 0 Å². The second-order valence-electron chi connectivity index (χ2n) is 5.38. The molecule has 0 bridgehead atoms. The zero-order valence-corrected chi connectivity index (χ0v) is 12.3. The lowest BCUT2D eigenvalue weighted by atomic mass is 10.0. The largest absolute Gasteiger partial charge is 0.436 e. The van der Waals surface area contributed by atoms with E-state index in [1.807, 2.05) is 43.3 Å². The fourth-order valence-electron chi connectivity index (χ4n) is 2.65. The van der Waals surface area contributed by atoms with E-state index >= 15 is 0 Å². The summed E-state index contributed by atoms with van der Waals surface area (Å²) in [6.07, 6.45) is 0. The second kappa shape index (κ2) is 5.15. The van der Waals surface area contributed by atoms with Gasteiger partial charge in [0.1, 0.15) is 5.52 Å². The monoisotopic (exact) mass is 285 g/mol. The Bertz CT molecular complexity index is 921. The number of aryl methyl sites for hydroxylation is 1. The first-order valence-corrected chi connectivity index (χ1v) is 7.33. The minimum absolute atomic E-state index is 0.670. The van der Waals surface area contributed by atoms with Crippen molar-refractivity contribution in [3.05, 3.63) is 78.4 Å². The normalized spacial score (nSPS) is 11.0. The van der Waals surface area contributed by atoms with Crippen molar-refractivity contribution in [3.63, 3.8) is 0 Å². The molecule has 0 aliphatic carbocycles. The molecule has 0 fully saturated rings. The van der Waals surface area contributed by atoms with Crippen LogP contribution in [0.15, 0.2) is 77.2 Å². The van der Waals surface area contributed by atoms with Gasteiger partial charge in [-0.2, -0.15) is 0 Å². The standard InChI is InChI=1S/C20H15NO/c1-14-6-5-9-18-19(14)21-20(22-18)17-12-10-16(11-13-17)15-7-3-2-4-8-15/h2-13H,1H3. The highest BCUT2D eigenvalue weighted by atomic mass is 16.3. The molecule has 0 saturated carbocycles. The third-order valence-corrected chi connectivity index (χ3v) is 3.86. The van der Waals surface area contributed by atoms with E-state index < -0.39 is 0 Å². The Hall–Kier alpha value is -2.87. The van der Waals surface area contributed by atoms with Crippen molar-refractivity contribution in [1.29, 1.82) is 0 Å². The molecular weight excluding hydrogens is 270 g/mol. The van der Waals surface area contributed by atoms with Gasteiger partial charge in [-0.05, 0) is 41.8 Å². The molecular formula is C20H15NO. The first-order valence-electron chi connectivity index (χ1n) is 7.33. The van der Waals surface area contributed by atoms with Gasteiger partial charge in [-0.3, -0.25) is 0 Å². The van der Waals surface area contributed by atoms with E-state index in [-0.39, 0.29) is 0 Å². The predicted octanol–water partition coefficient (Wildman–Crippen LogP) is 5.47. The molecule has 0 unspecified atom stereocenters. The van der Waals surface area contributed by atoms with Crippen molar-refractivity contribution < 1.29 is 4.42 Å². The van der Waals surface area contributed by atoms with Crippen LogP contribution in [0.3, 0.4) is 0 Å². The maximum absolute atomic E-state index is 5.87. The van der Waals surface area contributed by atoms with Gasteiger partial charge in [0.15, 0.2) is 5.58 Å². The molecule has 1 aromatic heterocycles. The summed E-state index contributed by atoms with van der Waals surface area (Å²) in [4.78, 5) is 4.62. The number of nitrogens with zero attached hydrogens (tertiary/aromatic N) is 1. The highest BCUT2D eigenvalue weighted by molar-refractivity contribution is 5.79. The summed E-state index contributed by atoms with van der Waals surface area (Å²) in [6.45, 7) is 2.05. The van der Waals surface area contributed by atoms with Crippen molar-refractivity contribution in [3.8, 4) is 22.6 Å². The van der Waals surface area contributed by atoms with E-state index in [2.05, 4.69) is 41.4 Å². The number of oxazole rings is 1. The Balaban J connectivity index is 1.74. The first kappa shape index (κ1) is 12.8. The molecule has 0 saturated heterocycles. The zero-order valence-electron chi connectivity index (χ0n) is 12.3. The Morgan fingerprint density at radius 1 is 0.682 bits per heavy atom. The molecule has 3 aromatic carbocycles. The summed E-state index contributed by atoms with van der Waals surface area (Å²) in [5.41, 5.74) is 6.30. The van der Waals surface area contributed by atoms with E-state index in [0.717, 1.165) is 22.2 Å². The Kier molecular flexibility index (Phi) is 3.01. The van der Waals surface area contributed by atoms with Crippen LogP contribution in [0.2, 0.25) is 0 Å². The van der Waals surface area contributed by atoms with Crippen LogP contribution in [-0.4, -0.2) is 4.98 Å². The second-order valence-corrected chi connectivity index (χ2v) is 5.38. The molecule has 0 N–H and O–H groups in total. The van der Waals surface area contributed by atoms with E-state index in [1.165, 1.54) is 11.1 Å². The number of rotatable bonds is 2. The van der Waals surface area contributed by atoms with Crippen LogP contribution in [0.5, 0.6) is 0 Å². The van der Waals surface area contributed by atoms with E-state index in [0.29, 0.717) is 5.89 Å². The number of hydrogen-bond acceptors (Lipinski definition) is 2. The van der Waals surface area contributed by atoms with Gasteiger partial charge in [0.2, 0.25) is 5.89 Å². The fourth-order valence-corrected chi connectivity index (χ4v) is 2.65. The molecule has 106 valence electrons. The Morgan fingerprint density at radius 3 is 2.09 bits per heavy atom. The molecule has 0 atom stereocenters. The maximum atomic E-state index is 5.87. The molecule has 0 amide bonds. The predicted molar refractivity (Wildman–Crippen MR) is 89.6 cm³/mol. The summed E-state index contributed by atoms with van der Waals surface area (Å²) >= 11 is 0. The topological polar surface area (TPSA) is 26.0 Å². The first-order chi connectivity index (χ1) is 10.8. The van der Waals surface area contributed by atoms with Crippen LogP contribution in [-0.2, 0) is 0 Å². The lowest BCUT2D eigenvalue weighted by Gasteiger charge is -2.02. The molecule has 0 aliphatic rings. The molecule has 2 heteroatoms. The number of aromatic nitrogens is 1. The highest BCUT2D eigenvalue weighted by Gasteiger charge is 2.09. The summed E-state index contributed by atoms with van der Waals surface area (Å²) in [5, 5.41) is 0. The number of benzene rings is 3.